The van der Waals surface area contributed by atoms with Crippen molar-refractivity contribution in [2.24, 2.45) is 14.1 Å². The van der Waals surface area contributed by atoms with Crippen LogP contribution in [-0.2, 0) is 30.2 Å². The van der Waals surface area contributed by atoms with Crippen molar-refractivity contribution in [3.63, 3.8) is 0 Å². The second kappa shape index (κ2) is 7.16. The fourth-order valence-corrected chi connectivity index (χ4v) is 2.27. The Hall–Kier alpha value is -2.83. The first-order chi connectivity index (χ1) is 11.3. The number of rotatable bonds is 5. The summed E-state index contributed by atoms with van der Waals surface area (Å²) in [5, 5.41) is 0. The van der Waals surface area contributed by atoms with E-state index in [1.807, 2.05) is 32.0 Å². The molecular formula is C17H20N2O5. The average molecular weight is 332 g/mol. The first-order valence-electron chi connectivity index (χ1n) is 7.42. The molecule has 2 rings (SSSR count). The van der Waals surface area contributed by atoms with Crippen molar-refractivity contribution in [2.45, 2.75) is 20.5 Å². The molecule has 0 saturated heterocycles. The van der Waals surface area contributed by atoms with Crippen molar-refractivity contribution < 1.29 is 14.3 Å². The van der Waals surface area contributed by atoms with E-state index in [0.717, 1.165) is 15.7 Å². The Labute approximate surface area is 139 Å². The molecule has 0 atom stereocenters. The van der Waals surface area contributed by atoms with Gasteiger partial charge in [0.05, 0.1) is 5.69 Å². The van der Waals surface area contributed by atoms with Crippen molar-refractivity contribution in [1.82, 2.24) is 9.13 Å². The third-order valence-corrected chi connectivity index (χ3v) is 3.75. The summed E-state index contributed by atoms with van der Waals surface area (Å²) in [5.74, 6) is 0.0706. The van der Waals surface area contributed by atoms with E-state index in [4.69, 9.17) is 9.47 Å². The molecule has 0 radical (unpaired) electrons. The molecule has 0 unspecified atom stereocenters. The number of esters is 1. The Morgan fingerprint density at radius 2 is 1.71 bits per heavy atom. The summed E-state index contributed by atoms with van der Waals surface area (Å²) < 4.78 is 12.8. The number of nitrogens with zero attached hydrogens (tertiary/aromatic N) is 2. The SMILES string of the molecule is Cc1cccc(C)c1OCC(=O)OCc1cc(=O)n(C)c(=O)n1C. The van der Waals surface area contributed by atoms with Gasteiger partial charge in [-0.15, -0.1) is 0 Å². The molecule has 0 aliphatic carbocycles. The van der Waals surface area contributed by atoms with E-state index in [1.165, 1.54) is 24.7 Å². The molecule has 0 aliphatic rings. The highest BCUT2D eigenvalue weighted by molar-refractivity contribution is 5.71. The van der Waals surface area contributed by atoms with Crippen LogP contribution >= 0.6 is 0 Å². The number of ether oxygens (including phenoxy) is 2. The van der Waals surface area contributed by atoms with E-state index in [0.29, 0.717) is 11.4 Å². The molecule has 0 fully saturated rings. The highest BCUT2D eigenvalue weighted by Crippen LogP contribution is 2.22. The molecule has 7 nitrogen and oxygen atoms in total. The lowest BCUT2D eigenvalue weighted by Crippen LogP contribution is -2.38. The van der Waals surface area contributed by atoms with Crippen LogP contribution in [-0.4, -0.2) is 21.7 Å². The lowest BCUT2D eigenvalue weighted by molar-refractivity contribution is -0.147. The molecule has 1 heterocycles. The van der Waals surface area contributed by atoms with Gasteiger partial charge in [-0.25, -0.2) is 9.59 Å². The van der Waals surface area contributed by atoms with Crippen LogP contribution < -0.4 is 16.0 Å². The highest BCUT2D eigenvalue weighted by atomic mass is 16.6. The maximum Gasteiger partial charge on any atom is 0.344 e. The number of aromatic nitrogens is 2. The second-order valence-corrected chi connectivity index (χ2v) is 5.54. The molecule has 2 aromatic rings. The molecule has 0 N–H and O–H groups in total. The molecule has 1 aromatic heterocycles. The zero-order chi connectivity index (χ0) is 17.9. The summed E-state index contributed by atoms with van der Waals surface area (Å²) in [5.41, 5.74) is 1.26. The number of carbonyl (C=O) groups is 1. The van der Waals surface area contributed by atoms with E-state index in [2.05, 4.69) is 0 Å². The maximum atomic E-state index is 11.8. The van der Waals surface area contributed by atoms with E-state index in [9.17, 15) is 14.4 Å². The third kappa shape index (κ3) is 3.73. The van der Waals surface area contributed by atoms with Gasteiger partial charge in [0.2, 0.25) is 0 Å². The average Bonchev–Trinajstić information content (AvgIpc) is 2.54. The van der Waals surface area contributed by atoms with Crippen LogP contribution in [0.3, 0.4) is 0 Å². The number of carbonyl (C=O) groups excluding carboxylic acids is 1. The zero-order valence-corrected chi connectivity index (χ0v) is 14.2. The van der Waals surface area contributed by atoms with Crippen molar-refractivity contribution in [3.8, 4) is 5.75 Å². The number of benzene rings is 1. The minimum Gasteiger partial charge on any atom is -0.481 e. The normalized spacial score (nSPS) is 10.5. The molecule has 0 spiro atoms. The minimum atomic E-state index is -0.578. The van der Waals surface area contributed by atoms with Crippen molar-refractivity contribution >= 4 is 5.97 Å². The maximum absolute atomic E-state index is 11.8. The quantitative estimate of drug-likeness (QED) is 0.758. The second-order valence-electron chi connectivity index (χ2n) is 5.54. The van der Waals surface area contributed by atoms with Crippen LogP contribution in [0.5, 0.6) is 5.75 Å². The van der Waals surface area contributed by atoms with E-state index in [1.54, 1.807) is 0 Å². The molecule has 0 saturated carbocycles. The predicted molar refractivity (Wildman–Crippen MR) is 88.1 cm³/mol. The fraction of sp³-hybridized carbons (Fsp3) is 0.353. The molecule has 0 bridgehead atoms. The summed E-state index contributed by atoms with van der Waals surface area (Å²) >= 11 is 0. The van der Waals surface area contributed by atoms with Gasteiger partial charge in [-0.2, -0.15) is 0 Å². The lowest BCUT2D eigenvalue weighted by atomic mass is 10.1. The summed E-state index contributed by atoms with van der Waals surface area (Å²) in [7, 11) is 2.90. The summed E-state index contributed by atoms with van der Waals surface area (Å²) in [6.45, 7) is 3.37. The van der Waals surface area contributed by atoms with Gasteiger partial charge in [0.1, 0.15) is 12.4 Å². The molecule has 1 aromatic carbocycles. The van der Waals surface area contributed by atoms with Gasteiger partial charge in [-0.3, -0.25) is 13.9 Å². The number of aryl methyl sites for hydroxylation is 2. The smallest absolute Gasteiger partial charge is 0.344 e. The largest absolute Gasteiger partial charge is 0.481 e. The molecule has 24 heavy (non-hydrogen) atoms. The minimum absolute atomic E-state index is 0.170. The monoisotopic (exact) mass is 332 g/mol. The van der Waals surface area contributed by atoms with Crippen molar-refractivity contribution in [2.75, 3.05) is 6.61 Å². The summed E-state index contributed by atoms with van der Waals surface area (Å²) in [4.78, 5) is 35.3. The number of hydrogen-bond acceptors (Lipinski definition) is 5. The van der Waals surface area contributed by atoms with Crippen LogP contribution in [0.2, 0.25) is 0 Å². The van der Waals surface area contributed by atoms with E-state index >= 15 is 0 Å². The fourth-order valence-electron chi connectivity index (χ4n) is 2.27. The van der Waals surface area contributed by atoms with Gasteiger partial charge < -0.3 is 9.47 Å². The van der Waals surface area contributed by atoms with Gasteiger partial charge >= 0.3 is 11.7 Å². The topological polar surface area (TPSA) is 79.5 Å². The van der Waals surface area contributed by atoms with Crippen LogP contribution in [0.4, 0.5) is 0 Å². The summed E-state index contributed by atoms with van der Waals surface area (Å²) in [6, 6.07) is 6.96. The molecular weight excluding hydrogens is 312 g/mol. The third-order valence-electron chi connectivity index (χ3n) is 3.75. The van der Waals surface area contributed by atoms with Gasteiger partial charge in [0.15, 0.2) is 6.61 Å². The van der Waals surface area contributed by atoms with Gasteiger partial charge in [0.25, 0.3) is 5.56 Å². The first-order valence-corrected chi connectivity index (χ1v) is 7.42. The Bertz CT molecular complexity index is 859. The molecule has 7 heteroatoms. The lowest BCUT2D eigenvalue weighted by Gasteiger charge is -2.12. The van der Waals surface area contributed by atoms with Gasteiger partial charge in [-0.1, -0.05) is 18.2 Å². The van der Waals surface area contributed by atoms with Crippen molar-refractivity contribution in [1.29, 1.82) is 0 Å². The van der Waals surface area contributed by atoms with Crippen LogP contribution in [0.25, 0.3) is 0 Å². The Balaban J connectivity index is 2.00. The summed E-state index contributed by atoms with van der Waals surface area (Å²) in [6.07, 6.45) is 0. The van der Waals surface area contributed by atoms with Gasteiger partial charge in [0, 0.05) is 20.2 Å². The van der Waals surface area contributed by atoms with Crippen LogP contribution in [0, 0.1) is 13.8 Å². The Morgan fingerprint density at radius 3 is 2.33 bits per heavy atom. The van der Waals surface area contributed by atoms with Crippen LogP contribution in [0.15, 0.2) is 33.9 Å². The van der Waals surface area contributed by atoms with Crippen molar-refractivity contribution in [3.05, 3.63) is 61.9 Å². The van der Waals surface area contributed by atoms with E-state index < -0.39 is 17.2 Å². The van der Waals surface area contributed by atoms with E-state index in [-0.39, 0.29) is 13.2 Å². The zero-order valence-electron chi connectivity index (χ0n) is 14.2. The predicted octanol–water partition coefficient (Wildman–Crippen LogP) is 0.823. The molecule has 128 valence electrons. The number of para-hydroxylation sites is 1. The standard InChI is InChI=1S/C17H20N2O5/c1-11-6-5-7-12(2)16(11)24-10-15(21)23-9-13-8-14(20)19(4)17(22)18(13)3/h5-8H,9-10H2,1-4H3. The molecule has 0 aliphatic heterocycles. The molecule has 0 amide bonds. The number of hydrogen-bond donors (Lipinski definition) is 0. The highest BCUT2D eigenvalue weighted by Gasteiger charge is 2.11. The first kappa shape index (κ1) is 17.5. The van der Waals surface area contributed by atoms with Crippen LogP contribution in [0.1, 0.15) is 16.8 Å². The Kier molecular flexibility index (Phi) is 5.23. The Morgan fingerprint density at radius 1 is 1.08 bits per heavy atom. The van der Waals surface area contributed by atoms with Gasteiger partial charge in [-0.05, 0) is 25.0 Å².